The number of hydrogen-bond acceptors (Lipinski definition) is 6. The van der Waals surface area contributed by atoms with Crippen LogP contribution in [0.4, 0.5) is 0 Å². The molecule has 2 heterocycles. The van der Waals surface area contributed by atoms with Gasteiger partial charge in [0.2, 0.25) is 6.79 Å². The van der Waals surface area contributed by atoms with Crippen LogP contribution in [0.2, 0.25) is 0 Å². The van der Waals surface area contributed by atoms with Crippen molar-refractivity contribution < 1.29 is 22.6 Å². The first-order chi connectivity index (χ1) is 12.4. The van der Waals surface area contributed by atoms with Gasteiger partial charge in [-0.1, -0.05) is 6.07 Å². The molecule has 5 nitrogen and oxygen atoms in total. The van der Waals surface area contributed by atoms with Gasteiger partial charge in [0.15, 0.2) is 21.3 Å². The average molecular weight is 390 g/mol. The molecule has 7 heteroatoms. The quantitative estimate of drug-likeness (QED) is 0.675. The Morgan fingerprint density at radius 2 is 1.92 bits per heavy atom. The summed E-state index contributed by atoms with van der Waals surface area (Å²) in [5.74, 6) is 2.22. The second-order valence-corrected chi connectivity index (χ2v) is 9.53. The molecule has 0 saturated heterocycles. The van der Waals surface area contributed by atoms with E-state index in [-0.39, 0.29) is 6.79 Å². The van der Waals surface area contributed by atoms with Crippen molar-refractivity contribution in [1.29, 1.82) is 0 Å². The highest BCUT2D eigenvalue weighted by Crippen LogP contribution is 2.41. The number of ether oxygens (including phenoxy) is 3. The van der Waals surface area contributed by atoms with Crippen LogP contribution in [-0.2, 0) is 16.3 Å². The second-order valence-electron chi connectivity index (χ2n) is 6.27. The van der Waals surface area contributed by atoms with E-state index in [2.05, 4.69) is 0 Å². The van der Waals surface area contributed by atoms with Crippen LogP contribution < -0.4 is 14.2 Å². The van der Waals surface area contributed by atoms with Gasteiger partial charge in [-0.3, -0.25) is 0 Å². The Morgan fingerprint density at radius 3 is 2.65 bits per heavy atom. The molecule has 0 saturated carbocycles. The van der Waals surface area contributed by atoms with E-state index in [9.17, 15) is 8.42 Å². The van der Waals surface area contributed by atoms with E-state index in [4.69, 9.17) is 14.2 Å². The number of rotatable bonds is 4. The lowest BCUT2D eigenvalue weighted by molar-refractivity contribution is 0.174. The van der Waals surface area contributed by atoms with E-state index in [0.717, 1.165) is 44.0 Å². The molecular formula is C19H18O5S2. The van der Waals surface area contributed by atoms with Crippen LogP contribution >= 0.6 is 11.3 Å². The lowest BCUT2D eigenvalue weighted by Crippen LogP contribution is -1.98. The number of fused-ring (bicyclic) bond motifs is 2. The summed E-state index contributed by atoms with van der Waals surface area (Å²) >= 11 is 1.31. The van der Waals surface area contributed by atoms with Gasteiger partial charge in [-0.15, -0.1) is 11.3 Å². The summed E-state index contributed by atoms with van der Waals surface area (Å²) in [4.78, 5) is 0. The Balaban J connectivity index is 1.88. The molecule has 4 rings (SSSR count). The second kappa shape index (κ2) is 6.17. The maximum absolute atomic E-state index is 12.1. The lowest BCUT2D eigenvalue weighted by Gasteiger charge is -2.12. The predicted octanol–water partition coefficient (Wildman–Crippen LogP) is 3.94. The Kier molecular flexibility index (Phi) is 4.08. The molecule has 1 aliphatic heterocycles. The number of aryl methyl sites for hydroxylation is 1. The van der Waals surface area contributed by atoms with E-state index >= 15 is 0 Å². The predicted molar refractivity (Wildman–Crippen MR) is 102 cm³/mol. The zero-order valence-electron chi connectivity index (χ0n) is 14.7. The fraction of sp³-hybridized carbons (Fsp3) is 0.263. The van der Waals surface area contributed by atoms with E-state index < -0.39 is 9.84 Å². The minimum absolute atomic E-state index is 0.235. The molecule has 0 aliphatic carbocycles. The van der Waals surface area contributed by atoms with Gasteiger partial charge in [-0.05, 0) is 42.3 Å². The first-order valence-electron chi connectivity index (χ1n) is 8.06. The van der Waals surface area contributed by atoms with Crippen molar-refractivity contribution in [2.75, 3.05) is 20.2 Å². The molecule has 0 spiro atoms. The highest BCUT2D eigenvalue weighted by Gasteiger charge is 2.22. The van der Waals surface area contributed by atoms with Crippen LogP contribution in [0.3, 0.4) is 0 Å². The van der Waals surface area contributed by atoms with Gasteiger partial charge in [0.05, 0.1) is 7.11 Å². The minimum Gasteiger partial charge on any atom is -0.496 e. The molecule has 2 aromatic carbocycles. The third-order valence-electron chi connectivity index (χ3n) is 4.49. The number of methoxy groups -OCH3 is 1. The first kappa shape index (κ1) is 17.2. The van der Waals surface area contributed by atoms with Crippen LogP contribution in [0.15, 0.2) is 34.5 Å². The molecule has 3 aromatic rings. The van der Waals surface area contributed by atoms with Gasteiger partial charge >= 0.3 is 0 Å². The standard InChI is InChI=1S/C19H18O5S2/c1-11-18-13(8-12-4-5-15-16(9-12)24-10-23-15)14(22-2)6-7-17(18)25-19(11)26(3,20)21/h4-7,9H,8,10H2,1-3H3. The highest BCUT2D eigenvalue weighted by atomic mass is 32.2. The number of hydrogen-bond donors (Lipinski definition) is 0. The molecule has 0 unspecified atom stereocenters. The summed E-state index contributed by atoms with van der Waals surface area (Å²) in [6, 6.07) is 9.66. The van der Waals surface area contributed by atoms with Crippen molar-refractivity contribution in [2.45, 2.75) is 17.6 Å². The van der Waals surface area contributed by atoms with Crippen LogP contribution in [0.1, 0.15) is 16.7 Å². The van der Waals surface area contributed by atoms with Crippen molar-refractivity contribution in [2.24, 2.45) is 0 Å². The minimum atomic E-state index is -3.27. The van der Waals surface area contributed by atoms with Crippen molar-refractivity contribution in [3.63, 3.8) is 0 Å². The molecule has 0 fully saturated rings. The smallest absolute Gasteiger partial charge is 0.231 e. The van der Waals surface area contributed by atoms with Crippen LogP contribution in [0.5, 0.6) is 17.2 Å². The van der Waals surface area contributed by atoms with Crippen molar-refractivity contribution >= 4 is 31.3 Å². The molecule has 0 amide bonds. The molecule has 0 atom stereocenters. The molecule has 0 N–H and O–H groups in total. The maximum Gasteiger partial charge on any atom is 0.231 e. The van der Waals surface area contributed by atoms with E-state index in [1.165, 1.54) is 17.6 Å². The maximum atomic E-state index is 12.1. The van der Waals surface area contributed by atoms with Gasteiger partial charge < -0.3 is 14.2 Å². The SMILES string of the molecule is COc1ccc2sc(S(C)(=O)=O)c(C)c2c1Cc1ccc2c(c1)OCO2. The van der Waals surface area contributed by atoms with Crippen LogP contribution in [0, 0.1) is 6.92 Å². The van der Waals surface area contributed by atoms with Crippen molar-refractivity contribution in [3.8, 4) is 17.2 Å². The van der Waals surface area contributed by atoms with Gasteiger partial charge in [0, 0.05) is 28.3 Å². The molecule has 26 heavy (non-hydrogen) atoms. The first-order valence-corrected chi connectivity index (χ1v) is 10.8. The van der Waals surface area contributed by atoms with Gasteiger partial charge in [-0.2, -0.15) is 0 Å². The number of benzene rings is 2. The largest absolute Gasteiger partial charge is 0.496 e. The Labute approximate surface area is 156 Å². The molecule has 0 radical (unpaired) electrons. The van der Waals surface area contributed by atoms with Crippen LogP contribution in [0.25, 0.3) is 10.1 Å². The lowest BCUT2D eigenvalue weighted by atomic mass is 9.98. The zero-order chi connectivity index (χ0) is 18.5. The summed E-state index contributed by atoms with van der Waals surface area (Å²) in [7, 11) is -1.64. The monoisotopic (exact) mass is 390 g/mol. The van der Waals surface area contributed by atoms with E-state index in [0.29, 0.717) is 10.6 Å². The summed E-state index contributed by atoms with van der Waals surface area (Å²) in [6.45, 7) is 2.09. The van der Waals surface area contributed by atoms with Crippen LogP contribution in [-0.4, -0.2) is 28.6 Å². The molecule has 0 bridgehead atoms. The highest BCUT2D eigenvalue weighted by molar-refractivity contribution is 7.93. The fourth-order valence-corrected chi connectivity index (χ4v) is 5.86. The summed E-state index contributed by atoms with van der Waals surface area (Å²) in [6.07, 6.45) is 1.86. The number of thiophene rings is 1. The Bertz CT molecular complexity index is 1110. The third-order valence-corrected chi connectivity index (χ3v) is 7.68. The summed E-state index contributed by atoms with van der Waals surface area (Å²) < 4.78 is 42.0. The zero-order valence-corrected chi connectivity index (χ0v) is 16.3. The van der Waals surface area contributed by atoms with Gasteiger partial charge in [0.25, 0.3) is 0 Å². The fourth-order valence-electron chi connectivity index (χ4n) is 3.36. The molecule has 1 aromatic heterocycles. The molecule has 136 valence electrons. The van der Waals surface area contributed by atoms with Gasteiger partial charge in [0.1, 0.15) is 9.96 Å². The third kappa shape index (κ3) is 2.81. The average Bonchev–Trinajstić information content (AvgIpc) is 3.19. The molecule has 1 aliphatic rings. The summed E-state index contributed by atoms with van der Waals surface area (Å²) in [5, 5.41) is 0.951. The van der Waals surface area contributed by atoms with Gasteiger partial charge in [-0.25, -0.2) is 8.42 Å². The van der Waals surface area contributed by atoms with E-state index in [1.54, 1.807) is 7.11 Å². The van der Waals surface area contributed by atoms with Crippen molar-refractivity contribution in [3.05, 3.63) is 47.0 Å². The number of sulfone groups is 1. The normalized spacial score (nSPS) is 13.3. The Morgan fingerprint density at radius 1 is 1.15 bits per heavy atom. The van der Waals surface area contributed by atoms with Crippen molar-refractivity contribution in [1.82, 2.24) is 0 Å². The topological polar surface area (TPSA) is 61.8 Å². The summed E-state index contributed by atoms with van der Waals surface area (Å²) in [5.41, 5.74) is 2.81. The molecular weight excluding hydrogens is 372 g/mol. The Hall–Kier alpha value is -2.25. The van der Waals surface area contributed by atoms with E-state index in [1.807, 2.05) is 37.3 Å².